The lowest BCUT2D eigenvalue weighted by Crippen LogP contribution is -2.15. The van der Waals surface area contributed by atoms with E-state index in [0.717, 1.165) is 22.5 Å². The van der Waals surface area contributed by atoms with Crippen molar-refractivity contribution < 1.29 is 9.13 Å². The molecule has 2 aromatic rings. The molecule has 0 saturated carbocycles. The summed E-state index contributed by atoms with van der Waals surface area (Å²) >= 11 is 10.7. The first-order chi connectivity index (χ1) is 15.9. The number of amidine groups is 1. The van der Waals surface area contributed by atoms with E-state index >= 15 is 0 Å². The Kier molecular flexibility index (Phi) is 8.71. The molecule has 1 aliphatic heterocycles. The molecule has 172 valence electrons. The number of halogens is 3. The van der Waals surface area contributed by atoms with E-state index in [4.69, 9.17) is 21.3 Å². The van der Waals surface area contributed by atoms with Crippen LogP contribution in [0.3, 0.4) is 0 Å². The van der Waals surface area contributed by atoms with E-state index in [0.29, 0.717) is 38.2 Å². The number of benzene rings is 1. The number of nitrogens with one attached hydrogen (secondary N) is 2. The summed E-state index contributed by atoms with van der Waals surface area (Å²) in [5, 5.41) is 3.42. The molecule has 10 heteroatoms. The van der Waals surface area contributed by atoms with Crippen LogP contribution in [0.4, 0.5) is 10.1 Å². The van der Waals surface area contributed by atoms with Gasteiger partial charge in [-0.05, 0) is 48.8 Å². The highest BCUT2D eigenvalue weighted by Crippen LogP contribution is 2.36. The maximum atomic E-state index is 14.7. The molecule has 0 unspecified atom stereocenters. The maximum absolute atomic E-state index is 14.7. The number of pyridine rings is 1. The summed E-state index contributed by atoms with van der Waals surface area (Å²) in [6.45, 7) is 5.57. The standard InChI is InChI=1S/C23H22BrClFN5OS/c1-5-28-22(27-3)9-15-6-7-16(13(2)30-15)17-10-20(19(26)11-18(17)24)31-33-21-8-14(25)12-29-23(21)32-4/h5,7-12,31H,1,6H2,2-4H3,(H,27,28)/b15-9+. The van der Waals surface area contributed by atoms with E-state index in [1.54, 1.807) is 25.4 Å². The topological polar surface area (TPSA) is 70.9 Å². The van der Waals surface area contributed by atoms with Gasteiger partial charge in [0.2, 0.25) is 5.88 Å². The number of methoxy groups -OCH3 is 1. The smallest absolute Gasteiger partial charge is 0.228 e. The summed E-state index contributed by atoms with van der Waals surface area (Å²) in [5.74, 6) is 0.664. The Labute approximate surface area is 210 Å². The van der Waals surface area contributed by atoms with Gasteiger partial charge in [0.1, 0.15) is 11.7 Å². The zero-order valence-corrected chi connectivity index (χ0v) is 21.4. The number of allylic oxidation sites excluding steroid dienone is 2. The van der Waals surface area contributed by atoms with Crippen LogP contribution >= 0.6 is 39.5 Å². The fourth-order valence-corrected chi connectivity index (χ4v) is 4.62. The average Bonchev–Trinajstić information content (AvgIpc) is 2.79. The summed E-state index contributed by atoms with van der Waals surface area (Å²) < 4.78 is 23.6. The van der Waals surface area contributed by atoms with Crippen LogP contribution in [0.2, 0.25) is 5.02 Å². The second-order valence-corrected chi connectivity index (χ2v) is 8.93. The summed E-state index contributed by atoms with van der Waals surface area (Å²) in [6.07, 6.45) is 7.60. The molecule has 0 atom stereocenters. The van der Waals surface area contributed by atoms with Gasteiger partial charge in [-0.2, -0.15) is 0 Å². The van der Waals surface area contributed by atoms with Gasteiger partial charge in [-0.25, -0.2) is 9.37 Å². The predicted molar refractivity (Wildman–Crippen MR) is 140 cm³/mol. The van der Waals surface area contributed by atoms with Crippen LogP contribution < -0.4 is 14.8 Å². The molecule has 0 amide bonds. The van der Waals surface area contributed by atoms with Crippen molar-refractivity contribution in [2.75, 3.05) is 18.9 Å². The highest BCUT2D eigenvalue weighted by Gasteiger charge is 2.18. The lowest BCUT2D eigenvalue weighted by Gasteiger charge is -2.18. The van der Waals surface area contributed by atoms with E-state index in [2.05, 4.69) is 48.6 Å². The molecule has 2 N–H and O–H groups in total. The molecular formula is C23H22BrClFN5OS. The largest absolute Gasteiger partial charge is 0.480 e. The molecular weight excluding hydrogens is 529 g/mol. The third-order valence-corrected chi connectivity index (χ3v) is 6.30. The molecule has 0 fully saturated rings. The zero-order valence-electron chi connectivity index (χ0n) is 18.2. The molecule has 3 rings (SSSR count). The van der Waals surface area contributed by atoms with E-state index in [9.17, 15) is 4.39 Å². The SMILES string of the molecule is C=CNC(/C=C1\CC=C(c2cc(NSc3cc(Cl)cnc3OC)c(F)cc2Br)C(C)=N1)=NC. The number of nitrogens with zero attached hydrogens (tertiary/aromatic N) is 3. The molecule has 0 radical (unpaired) electrons. The van der Waals surface area contributed by atoms with Gasteiger partial charge in [0.05, 0.1) is 22.7 Å². The molecule has 33 heavy (non-hydrogen) atoms. The second-order valence-electron chi connectivity index (χ2n) is 6.79. The maximum Gasteiger partial charge on any atom is 0.228 e. The monoisotopic (exact) mass is 549 g/mol. The highest BCUT2D eigenvalue weighted by molar-refractivity contribution is 9.10. The van der Waals surface area contributed by atoms with Crippen LogP contribution in [0.5, 0.6) is 5.88 Å². The van der Waals surface area contributed by atoms with Crippen molar-refractivity contribution in [3.63, 3.8) is 0 Å². The number of aliphatic imine (C=N–C) groups is 2. The molecule has 6 nitrogen and oxygen atoms in total. The van der Waals surface area contributed by atoms with Gasteiger partial charge in [0.25, 0.3) is 0 Å². The van der Waals surface area contributed by atoms with Crippen LogP contribution in [-0.4, -0.2) is 30.7 Å². The van der Waals surface area contributed by atoms with Gasteiger partial charge in [0.15, 0.2) is 0 Å². The van der Waals surface area contributed by atoms with Crippen molar-refractivity contribution in [2.24, 2.45) is 9.98 Å². The minimum Gasteiger partial charge on any atom is -0.480 e. The van der Waals surface area contributed by atoms with Crippen molar-refractivity contribution in [3.05, 3.63) is 75.9 Å². The van der Waals surface area contributed by atoms with Crippen molar-refractivity contribution in [1.82, 2.24) is 10.3 Å². The summed E-state index contributed by atoms with van der Waals surface area (Å²) in [4.78, 5) is 13.6. The van der Waals surface area contributed by atoms with Gasteiger partial charge in [-0.15, -0.1) is 0 Å². The Balaban J connectivity index is 1.86. The molecule has 0 bridgehead atoms. The fourth-order valence-electron chi connectivity index (χ4n) is 3.08. The zero-order chi connectivity index (χ0) is 24.0. The van der Waals surface area contributed by atoms with Crippen LogP contribution in [0, 0.1) is 5.82 Å². The lowest BCUT2D eigenvalue weighted by molar-refractivity contribution is 0.387. The minimum absolute atomic E-state index is 0.311. The van der Waals surface area contributed by atoms with Gasteiger partial charge < -0.3 is 14.8 Å². The van der Waals surface area contributed by atoms with E-state index in [-0.39, 0.29) is 0 Å². The van der Waals surface area contributed by atoms with Crippen molar-refractivity contribution in [1.29, 1.82) is 0 Å². The summed E-state index contributed by atoms with van der Waals surface area (Å²) in [7, 11) is 3.21. The first-order valence-electron chi connectivity index (χ1n) is 9.78. The van der Waals surface area contributed by atoms with Gasteiger partial charge >= 0.3 is 0 Å². The molecule has 1 aromatic carbocycles. The van der Waals surface area contributed by atoms with Gasteiger partial charge in [-0.3, -0.25) is 9.98 Å². The van der Waals surface area contributed by atoms with Crippen LogP contribution in [-0.2, 0) is 0 Å². The molecule has 0 aliphatic carbocycles. The Hall–Kier alpha value is -2.62. The first-order valence-corrected chi connectivity index (χ1v) is 11.8. The Morgan fingerprint density at radius 3 is 2.85 bits per heavy atom. The Bertz CT molecular complexity index is 1200. The van der Waals surface area contributed by atoms with Crippen LogP contribution in [0.15, 0.2) is 74.4 Å². The minimum atomic E-state index is -0.405. The second kappa shape index (κ2) is 11.5. The third-order valence-electron chi connectivity index (χ3n) is 4.61. The summed E-state index contributed by atoms with van der Waals surface area (Å²) in [6, 6.07) is 4.88. The number of aromatic nitrogens is 1. The lowest BCUT2D eigenvalue weighted by atomic mass is 9.97. The molecule has 1 aromatic heterocycles. The van der Waals surface area contributed by atoms with Crippen molar-refractivity contribution >= 4 is 62.3 Å². The number of ether oxygens (including phenoxy) is 1. The fraction of sp³-hybridized carbons (Fsp3) is 0.174. The molecule has 0 saturated heterocycles. The molecule has 2 heterocycles. The quantitative estimate of drug-likeness (QED) is 0.229. The van der Waals surface area contributed by atoms with E-state index in [1.165, 1.54) is 31.3 Å². The number of anilines is 1. The average molecular weight is 551 g/mol. The highest BCUT2D eigenvalue weighted by atomic mass is 79.9. The number of hydrogen-bond acceptors (Lipinski definition) is 6. The van der Waals surface area contributed by atoms with E-state index < -0.39 is 5.82 Å². The van der Waals surface area contributed by atoms with Gasteiger partial charge in [0, 0.05) is 47.2 Å². The Morgan fingerprint density at radius 2 is 2.18 bits per heavy atom. The normalized spacial score (nSPS) is 15.1. The Morgan fingerprint density at radius 1 is 1.39 bits per heavy atom. The molecule has 1 aliphatic rings. The third kappa shape index (κ3) is 6.25. The van der Waals surface area contributed by atoms with Crippen LogP contribution in [0.1, 0.15) is 18.9 Å². The van der Waals surface area contributed by atoms with Crippen molar-refractivity contribution in [3.8, 4) is 5.88 Å². The predicted octanol–water partition coefficient (Wildman–Crippen LogP) is 6.66. The number of rotatable bonds is 7. The first kappa shape index (κ1) is 25.0. The molecule has 0 spiro atoms. The van der Waals surface area contributed by atoms with Crippen LogP contribution in [0.25, 0.3) is 5.57 Å². The van der Waals surface area contributed by atoms with Gasteiger partial charge in [-0.1, -0.05) is 40.2 Å². The summed E-state index contributed by atoms with van der Waals surface area (Å²) in [5.41, 5.74) is 3.73. The number of dihydropyridines is 1. The van der Waals surface area contributed by atoms with E-state index in [1.807, 2.05) is 13.0 Å². The van der Waals surface area contributed by atoms with Crippen molar-refractivity contribution in [2.45, 2.75) is 18.2 Å². The number of hydrogen-bond donors (Lipinski definition) is 2.